The van der Waals surface area contributed by atoms with Crippen LogP contribution in [-0.2, 0) is 0 Å². The van der Waals surface area contributed by atoms with Crippen molar-refractivity contribution in [1.82, 2.24) is 0 Å². The van der Waals surface area contributed by atoms with Gasteiger partial charge in [-0.2, -0.15) is 0 Å². The van der Waals surface area contributed by atoms with Gasteiger partial charge in [-0.15, -0.1) is 6.58 Å². The molecular formula is C10H12BN. The van der Waals surface area contributed by atoms with E-state index in [1.165, 1.54) is 5.56 Å². The molecule has 0 spiro atoms. The molecule has 0 aliphatic carbocycles. The summed E-state index contributed by atoms with van der Waals surface area (Å²) in [5, 5.41) is 3.08. The summed E-state index contributed by atoms with van der Waals surface area (Å²) < 4.78 is 0. The molecule has 0 aromatic heterocycles. The third-order valence-corrected chi connectivity index (χ3v) is 1.79. The van der Waals surface area contributed by atoms with Crippen LogP contribution in [-0.4, -0.2) is 14.9 Å². The van der Waals surface area contributed by atoms with Gasteiger partial charge in [0.1, 0.15) is 7.85 Å². The Labute approximate surface area is 74.9 Å². The topological polar surface area (TPSA) is 12.0 Å². The average molecular weight is 157 g/mol. The van der Waals surface area contributed by atoms with Crippen LogP contribution < -0.4 is 5.32 Å². The van der Waals surface area contributed by atoms with Crippen molar-refractivity contribution >= 4 is 19.0 Å². The first-order valence-electron chi connectivity index (χ1n) is 3.88. The van der Waals surface area contributed by atoms with Gasteiger partial charge < -0.3 is 5.32 Å². The van der Waals surface area contributed by atoms with E-state index < -0.39 is 0 Å². The van der Waals surface area contributed by atoms with Crippen molar-refractivity contribution in [3.05, 3.63) is 35.9 Å². The van der Waals surface area contributed by atoms with Crippen molar-refractivity contribution in [2.75, 3.05) is 12.4 Å². The lowest BCUT2D eigenvalue weighted by Gasteiger charge is -2.09. The Morgan fingerprint density at radius 2 is 2.17 bits per heavy atom. The van der Waals surface area contributed by atoms with E-state index in [0.29, 0.717) is 5.47 Å². The monoisotopic (exact) mass is 157 g/mol. The first kappa shape index (κ1) is 8.92. The van der Waals surface area contributed by atoms with Gasteiger partial charge in [0.25, 0.3) is 0 Å². The van der Waals surface area contributed by atoms with E-state index in [9.17, 15) is 0 Å². The van der Waals surface area contributed by atoms with Crippen molar-refractivity contribution < 1.29 is 0 Å². The van der Waals surface area contributed by atoms with Crippen LogP contribution in [0.25, 0.3) is 5.47 Å². The van der Waals surface area contributed by atoms with E-state index in [4.69, 9.17) is 7.85 Å². The minimum atomic E-state index is 0.597. The molecule has 0 bridgehead atoms. The van der Waals surface area contributed by atoms with Gasteiger partial charge >= 0.3 is 0 Å². The number of rotatable bonds is 2. The summed E-state index contributed by atoms with van der Waals surface area (Å²) in [6, 6.07) is 6.05. The van der Waals surface area contributed by atoms with Crippen LogP contribution in [0, 0.1) is 6.92 Å². The summed E-state index contributed by atoms with van der Waals surface area (Å²) in [6.45, 7) is 5.75. The maximum Gasteiger partial charge on any atom is 0.113 e. The summed E-state index contributed by atoms with van der Waals surface area (Å²) in [6.07, 6.45) is 0. The van der Waals surface area contributed by atoms with Crippen molar-refractivity contribution in [3.8, 4) is 0 Å². The maximum absolute atomic E-state index is 5.61. The quantitative estimate of drug-likeness (QED) is 0.648. The zero-order chi connectivity index (χ0) is 9.14. The second-order valence-corrected chi connectivity index (χ2v) is 2.82. The predicted octanol–water partition coefficient (Wildman–Crippen LogP) is 2.18. The van der Waals surface area contributed by atoms with Gasteiger partial charge in [0.05, 0.1) is 0 Å². The highest BCUT2D eigenvalue weighted by Crippen LogP contribution is 2.21. The van der Waals surface area contributed by atoms with Crippen LogP contribution in [0.15, 0.2) is 24.8 Å². The Morgan fingerprint density at radius 3 is 2.67 bits per heavy atom. The SMILES string of the molecule is [B]C(=C)c1ccc(C)cc1NC. The highest BCUT2D eigenvalue weighted by atomic mass is 14.8. The standard InChI is InChI=1S/C10H12BN/c1-7-4-5-9(8(2)11)10(6-7)12-3/h4-6,12H,2H2,1,3H3. The first-order valence-corrected chi connectivity index (χ1v) is 3.88. The van der Waals surface area contributed by atoms with E-state index in [1.807, 2.05) is 32.2 Å². The van der Waals surface area contributed by atoms with Crippen molar-refractivity contribution in [2.45, 2.75) is 6.92 Å². The predicted molar refractivity (Wildman–Crippen MR) is 55.5 cm³/mol. The minimum absolute atomic E-state index is 0.597. The molecule has 0 atom stereocenters. The molecule has 60 valence electrons. The zero-order valence-electron chi connectivity index (χ0n) is 7.52. The van der Waals surface area contributed by atoms with Crippen LogP contribution >= 0.6 is 0 Å². The van der Waals surface area contributed by atoms with Gasteiger partial charge in [-0.25, -0.2) is 0 Å². The number of aryl methyl sites for hydroxylation is 1. The van der Waals surface area contributed by atoms with Gasteiger partial charge in [0, 0.05) is 12.7 Å². The molecule has 2 radical (unpaired) electrons. The number of hydrogen-bond donors (Lipinski definition) is 1. The molecule has 0 amide bonds. The lowest BCUT2D eigenvalue weighted by atomic mass is 9.88. The van der Waals surface area contributed by atoms with Gasteiger partial charge in [0.2, 0.25) is 0 Å². The molecule has 1 rings (SSSR count). The molecule has 1 aromatic rings. The van der Waals surface area contributed by atoms with E-state index in [1.54, 1.807) is 0 Å². The average Bonchev–Trinajstić information content (AvgIpc) is 2.03. The van der Waals surface area contributed by atoms with E-state index in [-0.39, 0.29) is 0 Å². The van der Waals surface area contributed by atoms with Gasteiger partial charge in [-0.3, -0.25) is 0 Å². The molecule has 12 heavy (non-hydrogen) atoms. The second kappa shape index (κ2) is 3.48. The third-order valence-electron chi connectivity index (χ3n) is 1.79. The molecule has 1 aromatic carbocycles. The molecule has 0 heterocycles. The molecular weight excluding hydrogens is 145 g/mol. The molecule has 0 fully saturated rings. The normalized spacial score (nSPS) is 9.50. The second-order valence-electron chi connectivity index (χ2n) is 2.82. The molecule has 0 unspecified atom stereocenters. The van der Waals surface area contributed by atoms with Crippen LogP contribution in [0.1, 0.15) is 11.1 Å². The van der Waals surface area contributed by atoms with E-state index in [2.05, 4.69) is 11.9 Å². The number of nitrogens with one attached hydrogen (secondary N) is 1. The van der Waals surface area contributed by atoms with Crippen LogP contribution in [0.4, 0.5) is 5.69 Å². The number of anilines is 1. The zero-order valence-corrected chi connectivity index (χ0v) is 7.52. The summed E-state index contributed by atoms with van der Waals surface area (Å²) in [5.74, 6) is 0. The molecule has 0 saturated carbocycles. The Kier molecular flexibility index (Phi) is 2.59. The summed E-state index contributed by atoms with van der Waals surface area (Å²) in [4.78, 5) is 0. The van der Waals surface area contributed by atoms with Crippen molar-refractivity contribution in [1.29, 1.82) is 0 Å². The van der Waals surface area contributed by atoms with Crippen molar-refractivity contribution in [2.24, 2.45) is 0 Å². The smallest absolute Gasteiger partial charge is 0.113 e. The van der Waals surface area contributed by atoms with Gasteiger partial charge in [-0.1, -0.05) is 17.6 Å². The first-order chi connectivity index (χ1) is 5.65. The highest BCUT2D eigenvalue weighted by molar-refractivity contribution is 6.42. The molecule has 1 N–H and O–H groups in total. The van der Waals surface area contributed by atoms with Crippen molar-refractivity contribution in [3.63, 3.8) is 0 Å². The third kappa shape index (κ3) is 1.70. The summed E-state index contributed by atoms with van der Waals surface area (Å²) in [7, 11) is 7.48. The molecule has 0 saturated heterocycles. The van der Waals surface area contributed by atoms with Gasteiger partial charge in [-0.05, 0) is 24.1 Å². The van der Waals surface area contributed by atoms with Crippen LogP contribution in [0.3, 0.4) is 0 Å². The Morgan fingerprint density at radius 1 is 1.50 bits per heavy atom. The number of benzene rings is 1. The molecule has 1 nitrogen and oxygen atoms in total. The van der Waals surface area contributed by atoms with Gasteiger partial charge in [0.15, 0.2) is 0 Å². The fourth-order valence-corrected chi connectivity index (χ4v) is 1.14. The lowest BCUT2D eigenvalue weighted by molar-refractivity contribution is 1.41. The lowest BCUT2D eigenvalue weighted by Crippen LogP contribution is -1.94. The molecule has 2 heteroatoms. The Balaban J connectivity index is 3.20. The Hall–Kier alpha value is -1.18. The largest absolute Gasteiger partial charge is 0.388 e. The summed E-state index contributed by atoms with van der Waals surface area (Å²) >= 11 is 0. The van der Waals surface area contributed by atoms with E-state index >= 15 is 0 Å². The molecule has 0 aliphatic rings. The number of hydrogen-bond acceptors (Lipinski definition) is 1. The fraction of sp³-hybridized carbons (Fsp3) is 0.200. The Bertz CT molecular complexity index is 305. The fourth-order valence-electron chi connectivity index (χ4n) is 1.14. The maximum atomic E-state index is 5.61. The minimum Gasteiger partial charge on any atom is -0.388 e. The molecule has 0 aliphatic heterocycles. The highest BCUT2D eigenvalue weighted by Gasteiger charge is 1.99. The van der Waals surface area contributed by atoms with E-state index in [0.717, 1.165) is 11.3 Å². The van der Waals surface area contributed by atoms with Crippen LogP contribution in [0.5, 0.6) is 0 Å². The summed E-state index contributed by atoms with van der Waals surface area (Å²) in [5.41, 5.74) is 3.81. The van der Waals surface area contributed by atoms with Crippen LogP contribution in [0.2, 0.25) is 0 Å².